The molecule has 150 valence electrons. The minimum atomic E-state index is -0.214. The molecule has 0 atom stereocenters. The highest BCUT2D eigenvalue weighted by molar-refractivity contribution is 8.00. The van der Waals surface area contributed by atoms with Crippen LogP contribution in [0.2, 0.25) is 5.02 Å². The lowest BCUT2D eigenvalue weighted by Crippen LogP contribution is -2.29. The molecule has 1 aliphatic rings. The summed E-state index contributed by atoms with van der Waals surface area (Å²) in [6.07, 6.45) is 3.74. The maximum absolute atomic E-state index is 12.6. The molecule has 1 amide bonds. The number of anilines is 1. The van der Waals surface area contributed by atoms with Gasteiger partial charge < -0.3 is 10.2 Å². The summed E-state index contributed by atoms with van der Waals surface area (Å²) >= 11 is 7.40. The van der Waals surface area contributed by atoms with Crippen molar-refractivity contribution in [3.8, 4) is 0 Å². The predicted octanol–water partition coefficient (Wildman–Crippen LogP) is 3.07. The molecule has 28 heavy (non-hydrogen) atoms. The summed E-state index contributed by atoms with van der Waals surface area (Å²) in [5.74, 6) is 0.0242. The number of fused-ring (bicyclic) bond motifs is 1. The fourth-order valence-electron chi connectivity index (χ4n) is 3.36. The fourth-order valence-corrected chi connectivity index (χ4v) is 4.42. The van der Waals surface area contributed by atoms with E-state index in [0.29, 0.717) is 22.3 Å². The van der Waals surface area contributed by atoms with Crippen molar-refractivity contribution in [2.24, 2.45) is 0 Å². The Hall–Kier alpha value is -1.83. The summed E-state index contributed by atoms with van der Waals surface area (Å²) in [4.78, 5) is 31.3. The number of hydrogen-bond donors (Lipinski definition) is 1. The monoisotopic (exact) mass is 420 g/mol. The fraction of sp³-hybridized carbons (Fsp3) is 0.450. The zero-order chi connectivity index (χ0) is 20.1. The minimum absolute atomic E-state index is 0.165. The van der Waals surface area contributed by atoms with Crippen LogP contribution < -0.4 is 11.0 Å². The van der Waals surface area contributed by atoms with E-state index in [4.69, 9.17) is 11.6 Å². The van der Waals surface area contributed by atoms with Crippen molar-refractivity contribution in [3.63, 3.8) is 0 Å². The number of thioether (sulfide) groups is 1. The highest BCUT2D eigenvalue weighted by Gasteiger charge is 2.22. The van der Waals surface area contributed by atoms with E-state index in [1.165, 1.54) is 11.8 Å². The van der Waals surface area contributed by atoms with Crippen molar-refractivity contribution in [1.82, 2.24) is 14.5 Å². The first kappa shape index (κ1) is 20.9. The van der Waals surface area contributed by atoms with E-state index in [2.05, 4.69) is 15.2 Å². The SMILES string of the molecule is CN(C)CCCn1c2c(c(SCC(=O)Nc3ccccc3Cl)nc1=O)CCC2. The summed E-state index contributed by atoms with van der Waals surface area (Å²) in [7, 11) is 4.05. The molecule has 6 nitrogen and oxygen atoms in total. The van der Waals surface area contributed by atoms with E-state index in [-0.39, 0.29) is 17.3 Å². The van der Waals surface area contributed by atoms with Crippen LogP contribution in [0.15, 0.2) is 34.1 Å². The van der Waals surface area contributed by atoms with E-state index in [0.717, 1.165) is 43.5 Å². The van der Waals surface area contributed by atoms with Gasteiger partial charge in [0.25, 0.3) is 0 Å². The molecule has 1 aromatic heterocycles. The van der Waals surface area contributed by atoms with Gasteiger partial charge >= 0.3 is 5.69 Å². The Labute approximate surface area is 174 Å². The summed E-state index contributed by atoms with van der Waals surface area (Å²) < 4.78 is 1.82. The number of nitrogens with zero attached hydrogens (tertiary/aromatic N) is 3. The van der Waals surface area contributed by atoms with Crippen LogP contribution in [0.3, 0.4) is 0 Å². The molecule has 1 aliphatic carbocycles. The topological polar surface area (TPSA) is 67.2 Å². The molecule has 0 saturated heterocycles. The molecule has 1 aromatic carbocycles. The molecular weight excluding hydrogens is 396 g/mol. The van der Waals surface area contributed by atoms with Gasteiger partial charge in [0.05, 0.1) is 16.5 Å². The van der Waals surface area contributed by atoms with Gasteiger partial charge in [-0.25, -0.2) is 4.79 Å². The lowest BCUT2D eigenvalue weighted by Gasteiger charge is -2.15. The molecular formula is C20H25ClN4O2S. The lowest BCUT2D eigenvalue weighted by atomic mass is 10.2. The van der Waals surface area contributed by atoms with Gasteiger partial charge in [0.1, 0.15) is 5.03 Å². The Bertz CT molecular complexity index is 914. The third kappa shape index (κ3) is 5.16. The second kappa shape index (κ2) is 9.58. The first-order chi connectivity index (χ1) is 13.5. The van der Waals surface area contributed by atoms with Gasteiger partial charge in [0, 0.05) is 17.8 Å². The Balaban J connectivity index is 1.68. The number of benzene rings is 1. The Morgan fingerprint density at radius 3 is 2.86 bits per heavy atom. The van der Waals surface area contributed by atoms with E-state index < -0.39 is 0 Å². The highest BCUT2D eigenvalue weighted by Crippen LogP contribution is 2.29. The average Bonchev–Trinajstić information content (AvgIpc) is 3.13. The van der Waals surface area contributed by atoms with Gasteiger partial charge in [-0.1, -0.05) is 35.5 Å². The average molecular weight is 421 g/mol. The number of para-hydroxylation sites is 1. The van der Waals surface area contributed by atoms with Crippen LogP contribution in [0.25, 0.3) is 0 Å². The molecule has 2 aromatic rings. The number of amides is 1. The summed E-state index contributed by atoms with van der Waals surface area (Å²) in [5, 5.41) is 4.00. The number of carbonyl (C=O) groups is 1. The number of carbonyl (C=O) groups excluding carboxylic acids is 1. The van der Waals surface area contributed by atoms with Crippen molar-refractivity contribution in [1.29, 1.82) is 0 Å². The smallest absolute Gasteiger partial charge is 0.324 e. The Morgan fingerprint density at radius 1 is 1.32 bits per heavy atom. The standard InChI is InChI=1S/C20H25ClN4O2S/c1-24(2)11-6-12-25-17-10-5-7-14(17)19(23-20(25)27)28-13-18(26)22-16-9-4-3-8-15(16)21/h3-4,8-9H,5-7,10-13H2,1-2H3,(H,22,26). The zero-order valence-corrected chi connectivity index (χ0v) is 17.8. The Morgan fingerprint density at radius 2 is 2.11 bits per heavy atom. The zero-order valence-electron chi connectivity index (χ0n) is 16.2. The molecule has 0 unspecified atom stereocenters. The highest BCUT2D eigenvalue weighted by atomic mass is 35.5. The van der Waals surface area contributed by atoms with Crippen LogP contribution in [0, 0.1) is 0 Å². The van der Waals surface area contributed by atoms with Crippen LogP contribution >= 0.6 is 23.4 Å². The first-order valence-corrected chi connectivity index (χ1v) is 10.8. The third-order valence-corrected chi connectivity index (χ3v) is 6.02. The van der Waals surface area contributed by atoms with Gasteiger partial charge in [0.15, 0.2) is 0 Å². The summed E-state index contributed by atoms with van der Waals surface area (Å²) in [5.41, 5.74) is 2.59. The van der Waals surface area contributed by atoms with Crippen molar-refractivity contribution >= 4 is 35.0 Å². The molecule has 0 radical (unpaired) electrons. The molecule has 0 fully saturated rings. The van der Waals surface area contributed by atoms with Crippen LogP contribution in [-0.4, -0.2) is 46.8 Å². The first-order valence-electron chi connectivity index (χ1n) is 9.40. The van der Waals surface area contributed by atoms with E-state index >= 15 is 0 Å². The minimum Gasteiger partial charge on any atom is -0.324 e. The molecule has 3 rings (SSSR count). The summed E-state index contributed by atoms with van der Waals surface area (Å²) in [6, 6.07) is 7.12. The maximum Gasteiger partial charge on any atom is 0.348 e. The molecule has 1 heterocycles. The van der Waals surface area contributed by atoms with Crippen LogP contribution in [0.5, 0.6) is 0 Å². The molecule has 0 bridgehead atoms. The molecule has 0 aliphatic heterocycles. The number of aromatic nitrogens is 2. The van der Waals surface area contributed by atoms with Crippen molar-refractivity contribution in [2.75, 3.05) is 31.7 Å². The van der Waals surface area contributed by atoms with E-state index in [1.54, 1.807) is 12.1 Å². The second-order valence-electron chi connectivity index (χ2n) is 7.10. The number of nitrogens with one attached hydrogen (secondary N) is 1. The van der Waals surface area contributed by atoms with Crippen LogP contribution in [-0.2, 0) is 24.2 Å². The quantitative estimate of drug-likeness (QED) is 0.525. The largest absolute Gasteiger partial charge is 0.348 e. The predicted molar refractivity (Wildman–Crippen MR) is 114 cm³/mol. The Kier molecular flexibility index (Phi) is 7.15. The molecule has 8 heteroatoms. The molecule has 0 spiro atoms. The van der Waals surface area contributed by atoms with Crippen molar-refractivity contribution in [2.45, 2.75) is 37.3 Å². The van der Waals surface area contributed by atoms with Crippen LogP contribution in [0.4, 0.5) is 5.69 Å². The maximum atomic E-state index is 12.6. The second-order valence-corrected chi connectivity index (χ2v) is 8.47. The summed E-state index contributed by atoms with van der Waals surface area (Å²) in [6.45, 7) is 1.62. The molecule has 0 saturated carbocycles. The molecule has 1 N–H and O–H groups in total. The lowest BCUT2D eigenvalue weighted by molar-refractivity contribution is -0.113. The van der Waals surface area contributed by atoms with Gasteiger partial charge in [-0.2, -0.15) is 4.98 Å². The van der Waals surface area contributed by atoms with Crippen LogP contribution in [0.1, 0.15) is 24.1 Å². The van der Waals surface area contributed by atoms with Crippen molar-refractivity contribution < 1.29 is 4.79 Å². The van der Waals surface area contributed by atoms with Gasteiger partial charge in [0.2, 0.25) is 5.91 Å². The van der Waals surface area contributed by atoms with E-state index in [9.17, 15) is 9.59 Å². The normalized spacial score (nSPS) is 13.0. The van der Waals surface area contributed by atoms with Crippen molar-refractivity contribution in [3.05, 3.63) is 51.0 Å². The van der Waals surface area contributed by atoms with E-state index in [1.807, 2.05) is 30.8 Å². The number of halogens is 1. The number of rotatable bonds is 8. The van der Waals surface area contributed by atoms with Gasteiger partial charge in [-0.15, -0.1) is 0 Å². The van der Waals surface area contributed by atoms with Gasteiger partial charge in [-0.3, -0.25) is 9.36 Å². The third-order valence-electron chi connectivity index (χ3n) is 4.68. The number of hydrogen-bond acceptors (Lipinski definition) is 5. The van der Waals surface area contributed by atoms with Gasteiger partial charge in [-0.05, 0) is 58.5 Å².